The normalized spacial score (nSPS) is 10.7. The van der Waals surface area contributed by atoms with Crippen LogP contribution in [-0.4, -0.2) is 21.1 Å². The first kappa shape index (κ1) is 12.7. The zero-order valence-corrected chi connectivity index (χ0v) is 9.95. The molecule has 0 spiro atoms. The first-order valence-electron chi connectivity index (χ1n) is 5.60. The quantitative estimate of drug-likeness (QED) is 0.583. The molecule has 0 bridgehead atoms. The smallest absolute Gasteiger partial charge is 0.189 e. The summed E-state index contributed by atoms with van der Waals surface area (Å²) in [5.41, 5.74) is 0.779. The number of aromatic hydroxyl groups is 3. The van der Waals surface area contributed by atoms with Crippen LogP contribution < -0.4 is 0 Å². The molecule has 4 heteroatoms. The highest BCUT2D eigenvalue weighted by Crippen LogP contribution is 2.23. The van der Waals surface area contributed by atoms with Crippen molar-refractivity contribution < 1.29 is 20.1 Å². The number of carbonyl (C=O) groups excluding carboxylic acids is 1. The number of carbonyl (C=O) groups is 1. The third-order valence-electron chi connectivity index (χ3n) is 2.54. The van der Waals surface area contributed by atoms with Gasteiger partial charge in [-0.2, -0.15) is 0 Å². The number of phenolic OH excluding ortho intramolecular Hbond substituents is 3. The van der Waals surface area contributed by atoms with Crippen LogP contribution in [0.3, 0.4) is 0 Å². The number of hydrogen-bond donors (Lipinski definition) is 3. The minimum atomic E-state index is -0.388. The Morgan fingerprint density at radius 2 is 1.68 bits per heavy atom. The number of allylic oxidation sites excluding steroid dienone is 1. The number of benzene rings is 2. The van der Waals surface area contributed by atoms with Crippen LogP contribution in [0.15, 0.2) is 48.5 Å². The maximum Gasteiger partial charge on any atom is 0.189 e. The lowest BCUT2D eigenvalue weighted by molar-refractivity contribution is 0.104. The second-order valence-corrected chi connectivity index (χ2v) is 3.99. The highest BCUT2D eigenvalue weighted by atomic mass is 16.3. The summed E-state index contributed by atoms with van der Waals surface area (Å²) in [4.78, 5) is 11.8. The van der Waals surface area contributed by atoms with Crippen LogP contribution in [0.2, 0.25) is 0 Å². The van der Waals surface area contributed by atoms with Crippen LogP contribution >= 0.6 is 0 Å². The van der Waals surface area contributed by atoms with Crippen LogP contribution in [-0.2, 0) is 0 Å². The summed E-state index contributed by atoms with van der Waals surface area (Å²) in [6.45, 7) is 0. The van der Waals surface area contributed by atoms with Crippen LogP contribution in [0.4, 0.5) is 0 Å². The van der Waals surface area contributed by atoms with Crippen molar-refractivity contribution in [1.29, 1.82) is 0 Å². The molecule has 0 saturated heterocycles. The van der Waals surface area contributed by atoms with Gasteiger partial charge in [0, 0.05) is 6.07 Å². The van der Waals surface area contributed by atoms with Gasteiger partial charge in [-0.05, 0) is 35.9 Å². The van der Waals surface area contributed by atoms with Crippen molar-refractivity contribution in [2.24, 2.45) is 0 Å². The molecule has 96 valence electrons. The molecule has 0 aromatic heterocycles. The third kappa shape index (κ3) is 3.13. The lowest BCUT2D eigenvalue weighted by Crippen LogP contribution is -1.94. The summed E-state index contributed by atoms with van der Waals surface area (Å²) in [7, 11) is 0. The molecule has 0 heterocycles. The molecule has 19 heavy (non-hydrogen) atoms. The fourth-order valence-corrected chi connectivity index (χ4v) is 1.62. The van der Waals surface area contributed by atoms with Gasteiger partial charge < -0.3 is 15.3 Å². The average molecular weight is 256 g/mol. The van der Waals surface area contributed by atoms with Crippen LogP contribution in [0, 0.1) is 0 Å². The largest absolute Gasteiger partial charge is 0.508 e. The standard InChI is InChI=1S/C15H12O4/c16-11-3-1-2-10(8-11)4-7-14(18)13-6-5-12(17)9-15(13)19/h1-9,16-17,19H. The van der Waals surface area contributed by atoms with Gasteiger partial charge in [0.15, 0.2) is 5.78 Å². The molecule has 0 saturated carbocycles. The number of ketones is 1. The van der Waals surface area contributed by atoms with E-state index in [0.717, 1.165) is 6.07 Å². The van der Waals surface area contributed by atoms with Crippen molar-refractivity contribution in [2.45, 2.75) is 0 Å². The predicted octanol–water partition coefficient (Wildman–Crippen LogP) is 2.70. The fraction of sp³-hybridized carbons (Fsp3) is 0. The molecule has 0 aliphatic rings. The molecule has 2 rings (SSSR count). The summed E-state index contributed by atoms with van der Waals surface area (Å²) < 4.78 is 0. The van der Waals surface area contributed by atoms with Crippen LogP contribution in [0.1, 0.15) is 15.9 Å². The van der Waals surface area contributed by atoms with Gasteiger partial charge in [0.1, 0.15) is 17.2 Å². The summed E-state index contributed by atoms with van der Waals surface area (Å²) in [6, 6.07) is 10.2. The molecule has 0 aliphatic carbocycles. The van der Waals surface area contributed by atoms with Gasteiger partial charge in [-0.1, -0.05) is 18.2 Å². The topological polar surface area (TPSA) is 77.8 Å². The van der Waals surface area contributed by atoms with Gasteiger partial charge in [-0.15, -0.1) is 0 Å². The number of hydrogen-bond acceptors (Lipinski definition) is 4. The SMILES string of the molecule is O=C(C=Cc1cccc(O)c1)c1ccc(O)cc1O. The molecule has 0 unspecified atom stereocenters. The molecule has 0 aliphatic heterocycles. The molecule has 0 fully saturated rings. The van der Waals surface area contributed by atoms with E-state index in [4.69, 9.17) is 5.11 Å². The lowest BCUT2D eigenvalue weighted by Gasteiger charge is -2.01. The van der Waals surface area contributed by atoms with E-state index >= 15 is 0 Å². The minimum absolute atomic E-state index is 0.106. The second kappa shape index (κ2) is 5.27. The van der Waals surface area contributed by atoms with Crippen molar-refractivity contribution in [3.63, 3.8) is 0 Å². The van der Waals surface area contributed by atoms with E-state index in [9.17, 15) is 15.0 Å². The zero-order valence-electron chi connectivity index (χ0n) is 9.95. The summed E-state index contributed by atoms with van der Waals surface area (Å²) >= 11 is 0. The maximum atomic E-state index is 11.8. The zero-order chi connectivity index (χ0) is 13.8. The Labute approximate surface area is 109 Å². The van der Waals surface area contributed by atoms with Crippen molar-refractivity contribution in [3.05, 3.63) is 59.7 Å². The maximum absolute atomic E-state index is 11.8. The van der Waals surface area contributed by atoms with Gasteiger partial charge in [-0.3, -0.25) is 4.79 Å². The Kier molecular flexibility index (Phi) is 3.52. The monoisotopic (exact) mass is 256 g/mol. The molecule has 2 aromatic carbocycles. The van der Waals surface area contributed by atoms with E-state index in [2.05, 4.69) is 0 Å². The van der Waals surface area contributed by atoms with Gasteiger partial charge in [0.2, 0.25) is 0 Å². The molecular formula is C15H12O4. The third-order valence-corrected chi connectivity index (χ3v) is 2.54. The van der Waals surface area contributed by atoms with Crippen molar-refractivity contribution in [2.75, 3.05) is 0 Å². The lowest BCUT2D eigenvalue weighted by atomic mass is 10.1. The Balaban J connectivity index is 2.21. The Bertz CT molecular complexity index is 644. The molecule has 0 radical (unpaired) electrons. The van der Waals surface area contributed by atoms with Crippen molar-refractivity contribution in [1.82, 2.24) is 0 Å². The van der Waals surface area contributed by atoms with Crippen molar-refractivity contribution >= 4 is 11.9 Å². The Hall–Kier alpha value is -2.75. The van der Waals surface area contributed by atoms with Gasteiger partial charge in [0.05, 0.1) is 5.56 Å². The summed E-state index contributed by atoms with van der Waals surface area (Å²) in [5.74, 6) is -0.653. The molecule has 3 N–H and O–H groups in total. The first-order valence-corrected chi connectivity index (χ1v) is 5.60. The summed E-state index contributed by atoms with van der Waals surface area (Å²) in [5, 5.41) is 28.0. The van der Waals surface area contributed by atoms with Crippen LogP contribution in [0.5, 0.6) is 17.2 Å². The second-order valence-electron chi connectivity index (χ2n) is 3.99. The highest BCUT2D eigenvalue weighted by molar-refractivity contribution is 6.08. The Morgan fingerprint density at radius 3 is 2.37 bits per heavy atom. The van der Waals surface area contributed by atoms with E-state index in [1.165, 1.54) is 36.4 Å². The van der Waals surface area contributed by atoms with E-state index in [-0.39, 0.29) is 28.6 Å². The van der Waals surface area contributed by atoms with Gasteiger partial charge >= 0.3 is 0 Å². The highest BCUT2D eigenvalue weighted by Gasteiger charge is 2.08. The average Bonchev–Trinajstić information content (AvgIpc) is 2.36. The first-order chi connectivity index (χ1) is 9.06. The van der Waals surface area contributed by atoms with Gasteiger partial charge in [0.25, 0.3) is 0 Å². The Morgan fingerprint density at radius 1 is 0.947 bits per heavy atom. The van der Waals surface area contributed by atoms with E-state index in [0.29, 0.717) is 5.56 Å². The molecule has 4 nitrogen and oxygen atoms in total. The fourth-order valence-electron chi connectivity index (χ4n) is 1.62. The molecular weight excluding hydrogens is 244 g/mol. The number of rotatable bonds is 3. The number of phenols is 3. The molecule has 0 amide bonds. The van der Waals surface area contributed by atoms with Crippen molar-refractivity contribution in [3.8, 4) is 17.2 Å². The molecule has 2 aromatic rings. The molecule has 0 atom stereocenters. The van der Waals surface area contributed by atoms with Gasteiger partial charge in [-0.25, -0.2) is 0 Å². The van der Waals surface area contributed by atoms with Crippen LogP contribution in [0.25, 0.3) is 6.08 Å². The predicted molar refractivity (Wildman–Crippen MR) is 71.2 cm³/mol. The minimum Gasteiger partial charge on any atom is -0.508 e. The van der Waals surface area contributed by atoms with E-state index in [1.54, 1.807) is 12.1 Å². The van der Waals surface area contributed by atoms with E-state index < -0.39 is 0 Å². The summed E-state index contributed by atoms with van der Waals surface area (Å²) in [6.07, 6.45) is 2.83. The van der Waals surface area contributed by atoms with E-state index in [1.807, 2.05) is 0 Å².